The lowest BCUT2D eigenvalue weighted by Gasteiger charge is -2.09. The van der Waals surface area contributed by atoms with Gasteiger partial charge in [0.15, 0.2) is 5.12 Å². The van der Waals surface area contributed by atoms with E-state index < -0.39 is 11.7 Å². The lowest BCUT2D eigenvalue weighted by Crippen LogP contribution is -2.06. The van der Waals surface area contributed by atoms with Crippen molar-refractivity contribution in [2.45, 2.75) is 19.5 Å². The SMILES string of the molecule is CC(=O)SCCC=Cc1ccccc1C(F)(F)F. The van der Waals surface area contributed by atoms with Crippen molar-refractivity contribution in [2.75, 3.05) is 5.75 Å². The first kappa shape index (κ1) is 14.8. The van der Waals surface area contributed by atoms with E-state index in [1.807, 2.05) is 0 Å². The molecule has 0 unspecified atom stereocenters. The van der Waals surface area contributed by atoms with Gasteiger partial charge in [-0.05, 0) is 18.1 Å². The minimum atomic E-state index is -4.34. The van der Waals surface area contributed by atoms with E-state index in [1.54, 1.807) is 12.1 Å². The van der Waals surface area contributed by atoms with Crippen molar-refractivity contribution in [3.8, 4) is 0 Å². The molecule has 0 aromatic heterocycles. The normalized spacial score (nSPS) is 12.0. The minimum absolute atomic E-state index is 0.0130. The molecule has 1 nitrogen and oxygen atoms in total. The van der Waals surface area contributed by atoms with E-state index in [0.29, 0.717) is 12.2 Å². The third-order valence-corrected chi connectivity index (χ3v) is 3.00. The number of benzene rings is 1. The van der Waals surface area contributed by atoms with Crippen LogP contribution in [0.15, 0.2) is 30.3 Å². The molecule has 0 aliphatic heterocycles. The molecule has 0 N–H and O–H groups in total. The number of hydrogen-bond acceptors (Lipinski definition) is 2. The van der Waals surface area contributed by atoms with Crippen molar-refractivity contribution in [1.82, 2.24) is 0 Å². The molecule has 0 amide bonds. The van der Waals surface area contributed by atoms with Crippen LogP contribution < -0.4 is 0 Å². The van der Waals surface area contributed by atoms with Gasteiger partial charge in [-0.1, -0.05) is 42.1 Å². The second kappa shape index (κ2) is 6.64. The molecule has 0 fully saturated rings. The molecule has 1 aromatic rings. The van der Waals surface area contributed by atoms with Gasteiger partial charge in [0.25, 0.3) is 0 Å². The average molecular weight is 274 g/mol. The Morgan fingerprint density at radius 2 is 2.00 bits per heavy atom. The van der Waals surface area contributed by atoms with Gasteiger partial charge in [-0.3, -0.25) is 4.79 Å². The zero-order chi connectivity index (χ0) is 13.6. The number of allylic oxidation sites excluding steroid dienone is 1. The van der Waals surface area contributed by atoms with Crippen LogP contribution in [-0.2, 0) is 11.0 Å². The Balaban J connectivity index is 2.67. The average Bonchev–Trinajstić information content (AvgIpc) is 2.27. The van der Waals surface area contributed by atoms with Gasteiger partial charge in [0, 0.05) is 12.7 Å². The molecule has 98 valence electrons. The topological polar surface area (TPSA) is 17.1 Å². The van der Waals surface area contributed by atoms with Crippen molar-refractivity contribution in [2.24, 2.45) is 0 Å². The van der Waals surface area contributed by atoms with Crippen molar-refractivity contribution in [3.63, 3.8) is 0 Å². The number of carbonyl (C=O) groups excluding carboxylic acids is 1. The summed E-state index contributed by atoms with van der Waals surface area (Å²) < 4.78 is 37.9. The van der Waals surface area contributed by atoms with E-state index in [1.165, 1.54) is 25.1 Å². The molecule has 0 aliphatic rings. The van der Waals surface area contributed by atoms with Gasteiger partial charge in [0.2, 0.25) is 0 Å². The van der Waals surface area contributed by atoms with Crippen molar-refractivity contribution in [3.05, 3.63) is 41.5 Å². The molecule has 18 heavy (non-hydrogen) atoms. The van der Waals surface area contributed by atoms with Gasteiger partial charge >= 0.3 is 6.18 Å². The lowest BCUT2D eigenvalue weighted by atomic mass is 10.1. The van der Waals surface area contributed by atoms with Crippen molar-refractivity contribution >= 4 is 23.0 Å². The van der Waals surface area contributed by atoms with Crippen molar-refractivity contribution < 1.29 is 18.0 Å². The second-order valence-corrected chi connectivity index (χ2v) is 4.89. The maximum atomic E-state index is 12.6. The van der Waals surface area contributed by atoms with E-state index in [-0.39, 0.29) is 10.7 Å². The summed E-state index contributed by atoms with van der Waals surface area (Å²) in [5.74, 6) is 0.583. The summed E-state index contributed by atoms with van der Waals surface area (Å²) >= 11 is 1.16. The molecule has 0 radical (unpaired) electrons. The Labute approximate surface area is 108 Å². The third kappa shape index (κ3) is 4.96. The molecule has 5 heteroatoms. The molecule has 0 saturated carbocycles. The van der Waals surface area contributed by atoms with Crippen LogP contribution in [0.25, 0.3) is 6.08 Å². The van der Waals surface area contributed by atoms with Gasteiger partial charge in [0.1, 0.15) is 0 Å². The van der Waals surface area contributed by atoms with E-state index >= 15 is 0 Å². The monoisotopic (exact) mass is 274 g/mol. The molecule has 1 aromatic carbocycles. The summed E-state index contributed by atoms with van der Waals surface area (Å²) in [6.45, 7) is 1.47. The predicted molar refractivity (Wildman–Crippen MR) is 68.2 cm³/mol. The fraction of sp³-hybridized carbons (Fsp3) is 0.308. The predicted octanol–water partition coefficient (Wildman–Crippen LogP) is 4.39. The van der Waals surface area contributed by atoms with E-state index in [4.69, 9.17) is 0 Å². The maximum absolute atomic E-state index is 12.6. The Hall–Kier alpha value is -1.23. The van der Waals surface area contributed by atoms with Gasteiger partial charge in [0.05, 0.1) is 5.56 Å². The lowest BCUT2D eigenvalue weighted by molar-refractivity contribution is -0.137. The van der Waals surface area contributed by atoms with Crippen molar-refractivity contribution in [1.29, 1.82) is 0 Å². The molecule has 0 bridgehead atoms. The fourth-order valence-corrected chi connectivity index (χ4v) is 1.92. The van der Waals surface area contributed by atoms with Crippen LogP contribution in [0.2, 0.25) is 0 Å². The highest BCUT2D eigenvalue weighted by Gasteiger charge is 2.32. The van der Waals surface area contributed by atoms with Crippen LogP contribution in [0.5, 0.6) is 0 Å². The summed E-state index contributed by atoms with van der Waals surface area (Å²) in [5, 5.41) is 0.0130. The summed E-state index contributed by atoms with van der Waals surface area (Å²) in [7, 11) is 0. The Morgan fingerprint density at radius 3 is 2.61 bits per heavy atom. The first-order valence-corrected chi connectivity index (χ1v) is 6.36. The molecule has 0 heterocycles. The Bertz CT molecular complexity index is 438. The second-order valence-electron chi connectivity index (χ2n) is 3.62. The number of thioether (sulfide) groups is 1. The fourth-order valence-electron chi connectivity index (χ4n) is 1.38. The number of halogens is 3. The number of rotatable bonds is 4. The minimum Gasteiger partial charge on any atom is -0.288 e. The summed E-state index contributed by atoms with van der Waals surface area (Å²) in [6.07, 6.45) is -0.671. The molecule has 0 aliphatic carbocycles. The number of carbonyl (C=O) groups is 1. The Kier molecular flexibility index (Phi) is 5.47. The molecule has 0 spiro atoms. The summed E-state index contributed by atoms with van der Waals surface area (Å²) in [6, 6.07) is 5.42. The quantitative estimate of drug-likeness (QED) is 0.757. The first-order valence-electron chi connectivity index (χ1n) is 5.37. The number of hydrogen-bond donors (Lipinski definition) is 0. The van der Waals surface area contributed by atoms with Gasteiger partial charge in [-0.25, -0.2) is 0 Å². The number of alkyl halides is 3. The summed E-state index contributed by atoms with van der Waals surface area (Å²) in [5.41, 5.74) is -0.488. The van der Waals surface area contributed by atoms with Crippen LogP contribution in [0.4, 0.5) is 13.2 Å². The van der Waals surface area contributed by atoms with E-state index in [2.05, 4.69) is 0 Å². The van der Waals surface area contributed by atoms with Crippen LogP contribution in [0.1, 0.15) is 24.5 Å². The van der Waals surface area contributed by atoms with Gasteiger partial charge < -0.3 is 0 Å². The summed E-state index contributed by atoms with van der Waals surface area (Å²) in [4.78, 5) is 10.7. The molecule has 0 atom stereocenters. The smallest absolute Gasteiger partial charge is 0.288 e. The largest absolute Gasteiger partial charge is 0.416 e. The first-order chi connectivity index (χ1) is 8.41. The standard InChI is InChI=1S/C13H13F3OS/c1-10(17)18-9-5-4-7-11-6-2-3-8-12(11)13(14,15)16/h2-4,6-8H,5,9H2,1H3. The highest BCUT2D eigenvalue weighted by molar-refractivity contribution is 8.13. The van der Waals surface area contributed by atoms with Crippen LogP contribution in [0.3, 0.4) is 0 Å². The van der Waals surface area contributed by atoms with Crippen LogP contribution in [-0.4, -0.2) is 10.9 Å². The molecule has 1 rings (SSSR count). The molecule has 0 saturated heterocycles. The zero-order valence-electron chi connectivity index (χ0n) is 9.83. The van der Waals surface area contributed by atoms with Gasteiger partial charge in [-0.15, -0.1) is 0 Å². The van der Waals surface area contributed by atoms with E-state index in [9.17, 15) is 18.0 Å². The Morgan fingerprint density at radius 1 is 1.33 bits per heavy atom. The highest BCUT2D eigenvalue weighted by Crippen LogP contribution is 2.32. The third-order valence-electron chi connectivity index (χ3n) is 2.15. The van der Waals surface area contributed by atoms with Crippen LogP contribution in [0, 0.1) is 0 Å². The molecular weight excluding hydrogens is 261 g/mol. The van der Waals surface area contributed by atoms with Gasteiger partial charge in [-0.2, -0.15) is 13.2 Å². The highest BCUT2D eigenvalue weighted by atomic mass is 32.2. The molecular formula is C13H13F3OS. The maximum Gasteiger partial charge on any atom is 0.416 e. The van der Waals surface area contributed by atoms with Crippen LogP contribution >= 0.6 is 11.8 Å². The zero-order valence-corrected chi connectivity index (χ0v) is 10.6. The van der Waals surface area contributed by atoms with E-state index in [0.717, 1.165) is 17.8 Å².